The molecule has 0 atom stereocenters. The van der Waals surface area contributed by atoms with Gasteiger partial charge in [0, 0.05) is 15.7 Å². The molecule has 0 aliphatic rings. The van der Waals surface area contributed by atoms with Crippen LogP contribution in [0.4, 0.5) is 5.69 Å². The number of rotatable bonds is 2. The minimum absolute atomic E-state index is 0.207. The Morgan fingerprint density at radius 2 is 2.18 bits per heavy atom. The Bertz CT molecular complexity index is 545. The fraction of sp³-hybridized carbons (Fsp3) is 0. The third-order valence-corrected chi connectivity index (χ3v) is 2.99. The van der Waals surface area contributed by atoms with Gasteiger partial charge in [-0.3, -0.25) is 9.78 Å². The van der Waals surface area contributed by atoms with Crippen LogP contribution < -0.4 is 5.32 Å². The summed E-state index contributed by atoms with van der Waals surface area (Å²) in [5.74, 6) is -0.207. The first-order chi connectivity index (χ1) is 8.16. The number of aromatic nitrogens is 1. The molecule has 0 saturated carbocycles. The average molecular weight is 312 g/mol. The normalized spacial score (nSPS) is 10.0. The third-order valence-electron chi connectivity index (χ3n) is 2.10. The third kappa shape index (κ3) is 3.05. The first kappa shape index (κ1) is 12.1. The number of nitrogens with one attached hydrogen (secondary N) is 1. The highest BCUT2D eigenvalue weighted by molar-refractivity contribution is 9.10. The van der Waals surface area contributed by atoms with Crippen LogP contribution in [-0.2, 0) is 0 Å². The summed E-state index contributed by atoms with van der Waals surface area (Å²) in [6.45, 7) is 0. The molecule has 0 radical (unpaired) electrons. The van der Waals surface area contributed by atoms with Gasteiger partial charge in [-0.05, 0) is 46.3 Å². The van der Waals surface area contributed by atoms with Gasteiger partial charge in [0.05, 0.1) is 17.4 Å². The zero-order valence-corrected chi connectivity index (χ0v) is 11.0. The zero-order chi connectivity index (χ0) is 12.3. The van der Waals surface area contributed by atoms with Crippen molar-refractivity contribution in [3.05, 3.63) is 57.8 Å². The number of benzene rings is 1. The molecule has 1 N–H and O–H groups in total. The standard InChI is InChI=1S/C12H8BrClN2O/c13-11-6-8(14)3-4-10(11)12(17)16-9-2-1-5-15-7-9/h1-7H,(H,16,17). The first-order valence-corrected chi connectivity index (χ1v) is 6.00. The van der Waals surface area contributed by atoms with Crippen LogP contribution in [0.25, 0.3) is 0 Å². The number of halogens is 2. The number of anilines is 1. The molecular formula is C12H8BrClN2O. The van der Waals surface area contributed by atoms with Crippen molar-refractivity contribution in [1.29, 1.82) is 0 Å². The average Bonchev–Trinajstić information content (AvgIpc) is 2.30. The van der Waals surface area contributed by atoms with Crippen molar-refractivity contribution >= 4 is 39.1 Å². The monoisotopic (exact) mass is 310 g/mol. The van der Waals surface area contributed by atoms with Gasteiger partial charge in [0.15, 0.2) is 0 Å². The van der Waals surface area contributed by atoms with Crippen molar-refractivity contribution in [3.63, 3.8) is 0 Å². The van der Waals surface area contributed by atoms with E-state index in [0.717, 1.165) is 0 Å². The Hall–Kier alpha value is -1.39. The van der Waals surface area contributed by atoms with Crippen LogP contribution in [0.2, 0.25) is 5.02 Å². The molecule has 0 aliphatic heterocycles. The number of hydrogen-bond donors (Lipinski definition) is 1. The second-order valence-corrected chi connectivity index (χ2v) is 4.61. The maximum atomic E-state index is 11.9. The maximum absolute atomic E-state index is 11.9. The smallest absolute Gasteiger partial charge is 0.256 e. The van der Waals surface area contributed by atoms with E-state index in [1.807, 2.05) is 0 Å². The summed E-state index contributed by atoms with van der Waals surface area (Å²) in [7, 11) is 0. The topological polar surface area (TPSA) is 42.0 Å². The molecule has 1 aromatic carbocycles. The molecule has 0 unspecified atom stereocenters. The summed E-state index contributed by atoms with van der Waals surface area (Å²) >= 11 is 9.11. The highest BCUT2D eigenvalue weighted by Gasteiger charge is 2.10. The molecule has 3 nitrogen and oxygen atoms in total. The lowest BCUT2D eigenvalue weighted by molar-refractivity contribution is 0.102. The van der Waals surface area contributed by atoms with Crippen LogP contribution in [0.15, 0.2) is 47.2 Å². The summed E-state index contributed by atoms with van der Waals surface area (Å²) in [5.41, 5.74) is 1.18. The minimum atomic E-state index is -0.207. The lowest BCUT2D eigenvalue weighted by Gasteiger charge is -2.06. The van der Waals surface area contributed by atoms with Crippen molar-refractivity contribution < 1.29 is 4.79 Å². The summed E-state index contributed by atoms with van der Waals surface area (Å²) in [6.07, 6.45) is 3.23. The number of nitrogens with zero attached hydrogens (tertiary/aromatic N) is 1. The lowest BCUT2D eigenvalue weighted by Crippen LogP contribution is -2.12. The summed E-state index contributed by atoms with van der Waals surface area (Å²) in [6, 6.07) is 8.55. The number of amides is 1. The summed E-state index contributed by atoms with van der Waals surface area (Å²) in [4.78, 5) is 15.9. The van der Waals surface area contributed by atoms with Crippen LogP contribution in [0, 0.1) is 0 Å². The minimum Gasteiger partial charge on any atom is -0.321 e. The van der Waals surface area contributed by atoms with E-state index < -0.39 is 0 Å². The highest BCUT2D eigenvalue weighted by atomic mass is 79.9. The number of carbonyl (C=O) groups excluding carboxylic acids is 1. The fourth-order valence-corrected chi connectivity index (χ4v) is 2.17. The van der Waals surface area contributed by atoms with E-state index in [0.29, 0.717) is 20.7 Å². The Labute approximate surface area is 112 Å². The molecule has 2 rings (SSSR count). The molecule has 1 heterocycles. The van der Waals surface area contributed by atoms with Gasteiger partial charge in [0.1, 0.15) is 0 Å². The molecule has 1 amide bonds. The predicted molar refractivity (Wildman–Crippen MR) is 71.3 cm³/mol. The van der Waals surface area contributed by atoms with Crippen LogP contribution in [0.3, 0.4) is 0 Å². The van der Waals surface area contributed by atoms with E-state index in [1.54, 1.807) is 42.7 Å². The quantitative estimate of drug-likeness (QED) is 0.918. The van der Waals surface area contributed by atoms with Gasteiger partial charge in [-0.2, -0.15) is 0 Å². The fourth-order valence-electron chi connectivity index (χ4n) is 1.31. The molecule has 17 heavy (non-hydrogen) atoms. The molecule has 2 aromatic rings. The number of carbonyl (C=O) groups is 1. The highest BCUT2D eigenvalue weighted by Crippen LogP contribution is 2.22. The van der Waals surface area contributed by atoms with Gasteiger partial charge in [0.2, 0.25) is 0 Å². The molecule has 0 bridgehead atoms. The first-order valence-electron chi connectivity index (χ1n) is 4.83. The Morgan fingerprint density at radius 1 is 1.35 bits per heavy atom. The molecule has 0 spiro atoms. The SMILES string of the molecule is O=C(Nc1cccnc1)c1ccc(Cl)cc1Br. The molecule has 0 fully saturated rings. The predicted octanol–water partition coefficient (Wildman–Crippen LogP) is 3.75. The van der Waals surface area contributed by atoms with Crippen LogP contribution in [-0.4, -0.2) is 10.9 Å². The van der Waals surface area contributed by atoms with Crippen molar-refractivity contribution in [2.45, 2.75) is 0 Å². The van der Waals surface area contributed by atoms with Gasteiger partial charge in [-0.15, -0.1) is 0 Å². The van der Waals surface area contributed by atoms with Gasteiger partial charge >= 0.3 is 0 Å². The molecule has 0 aliphatic carbocycles. The summed E-state index contributed by atoms with van der Waals surface area (Å²) < 4.78 is 0.659. The van der Waals surface area contributed by atoms with Crippen molar-refractivity contribution in [1.82, 2.24) is 4.98 Å². The van der Waals surface area contributed by atoms with Gasteiger partial charge < -0.3 is 5.32 Å². The molecule has 1 aromatic heterocycles. The van der Waals surface area contributed by atoms with E-state index in [4.69, 9.17) is 11.6 Å². The molecular weight excluding hydrogens is 304 g/mol. The Balaban J connectivity index is 2.21. The van der Waals surface area contributed by atoms with Crippen molar-refractivity contribution in [2.75, 3.05) is 5.32 Å². The molecule has 0 saturated heterocycles. The van der Waals surface area contributed by atoms with E-state index >= 15 is 0 Å². The van der Waals surface area contributed by atoms with Gasteiger partial charge in [-0.1, -0.05) is 11.6 Å². The van der Waals surface area contributed by atoms with E-state index in [2.05, 4.69) is 26.2 Å². The second-order valence-electron chi connectivity index (χ2n) is 3.32. The van der Waals surface area contributed by atoms with Gasteiger partial charge in [0.25, 0.3) is 5.91 Å². The van der Waals surface area contributed by atoms with Crippen molar-refractivity contribution in [2.24, 2.45) is 0 Å². The lowest BCUT2D eigenvalue weighted by atomic mass is 10.2. The van der Waals surface area contributed by atoms with Crippen LogP contribution >= 0.6 is 27.5 Å². The maximum Gasteiger partial charge on any atom is 0.256 e. The zero-order valence-electron chi connectivity index (χ0n) is 8.65. The van der Waals surface area contributed by atoms with Crippen molar-refractivity contribution in [3.8, 4) is 0 Å². The van der Waals surface area contributed by atoms with E-state index in [9.17, 15) is 4.79 Å². The van der Waals surface area contributed by atoms with Crippen LogP contribution in [0.5, 0.6) is 0 Å². The largest absolute Gasteiger partial charge is 0.321 e. The van der Waals surface area contributed by atoms with Crippen LogP contribution in [0.1, 0.15) is 10.4 Å². The number of hydrogen-bond acceptors (Lipinski definition) is 2. The summed E-state index contributed by atoms with van der Waals surface area (Å²) in [5, 5.41) is 3.32. The Morgan fingerprint density at radius 3 is 2.82 bits per heavy atom. The van der Waals surface area contributed by atoms with E-state index in [-0.39, 0.29) is 5.91 Å². The molecule has 5 heteroatoms. The Kier molecular flexibility index (Phi) is 3.76. The molecule has 86 valence electrons. The van der Waals surface area contributed by atoms with Gasteiger partial charge in [-0.25, -0.2) is 0 Å². The number of pyridine rings is 1. The second kappa shape index (κ2) is 5.29. The van der Waals surface area contributed by atoms with E-state index in [1.165, 1.54) is 0 Å².